The summed E-state index contributed by atoms with van der Waals surface area (Å²) >= 11 is 0. The zero-order chi connectivity index (χ0) is 17.5. The van der Waals surface area contributed by atoms with Crippen molar-refractivity contribution in [3.8, 4) is 0 Å². The summed E-state index contributed by atoms with van der Waals surface area (Å²) in [4.78, 5) is 49.0. The monoisotopic (exact) mass is 331 g/mol. The molecule has 2 aliphatic heterocycles. The summed E-state index contributed by atoms with van der Waals surface area (Å²) in [6, 6.07) is 4.36. The molecule has 0 aliphatic carbocycles. The fraction of sp³-hybridized carbons (Fsp3) is 0.438. The van der Waals surface area contributed by atoms with Crippen LogP contribution in [0.15, 0.2) is 18.2 Å². The van der Waals surface area contributed by atoms with Gasteiger partial charge in [0, 0.05) is 12.5 Å². The van der Waals surface area contributed by atoms with Crippen molar-refractivity contribution in [1.82, 2.24) is 10.2 Å². The first-order chi connectivity index (χ1) is 11.4. The molecule has 3 rings (SSSR count). The summed E-state index contributed by atoms with van der Waals surface area (Å²) < 4.78 is 0. The van der Waals surface area contributed by atoms with E-state index in [4.69, 9.17) is 0 Å². The van der Waals surface area contributed by atoms with Gasteiger partial charge in [0.05, 0.1) is 22.6 Å². The lowest BCUT2D eigenvalue weighted by atomic mass is 9.83. The lowest BCUT2D eigenvalue weighted by molar-refractivity contribution is -0.385. The van der Waals surface area contributed by atoms with Crippen molar-refractivity contribution in [2.24, 2.45) is 0 Å². The lowest BCUT2D eigenvalue weighted by Crippen LogP contribution is -2.62. The normalized spacial score (nSPS) is 23.2. The van der Waals surface area contributed by atoms with E-state index in [0.29, 0.717) is 18.4 Å². The van der Waals surface area contributed by atoms with Crippen LogP contribution in [0, 0.1) is 10.1 Å². The molecule has 3 amide bonds. The molecule has 1 fully saturated rings. The van der Waals surface area contributed by atoms with Gasteiger partial charge in [-0.2, -0.15) is 0 Å². The highest BCUT2D eigenvalue weighted by Crippen LogP contribution is 2.39. The topological polar surface area (TPSA) is 110 Å². The predicted molar refractivity (Wildman–Crippen MR) is 83.0 cm³/mol. The molecule has 8 heteroatoms. The summed E-state index contributed by atoms with van der Waals surface area (Å²) in [6.45, 7) is 1.90. The molecule has 1 saturated heterocycles. The van der Waals surface area contributed by atoms with Crippen molar-refractivity contribution in [1.29, 1.82) is 0 Å². The number of nitro benzene ring substituents is 1. The van der Waals surface area contributed by atoms with Crippen molar-refractivity contribution in [2.75, 3.05) is 0 Å². The highest BCUT2D eigenvalue weighted by atomic mass is 16.6. The second kappa shape index (κ2) is 5.70. The van der Waals surface area contributed by atoms with Crippen LogP contribution >= 0.6 is 0 Å². The molecule has 0 bridgehead atoms. The quantitative estimate of drug-likeness (QED) is 0.511. The van der Waals surface area contributed by atoms with E-state index in [1.54, 1.807) is 0 Å². The minimum absolute atomic E-state index is 0.00688. The van der Waals surface area contributed by atoms with E-state index in [9.17, 15) is 24.5 Å². The number of hydrogen-bond acceptors (Lipinski definition) is 5. The molecule has 2 aliphatic rings. The van der Waals surface area contributed by atoms with Gasteiger partial charge in [-0.3, -0.25) is 29.8 Å². The molecule has 1 unspecified atom stereocenters. The number of hydrogen-bond donors (Lipinski definition) is 1. The van der Waals surface area contributed by atoms with E-state index in [1.165, 1.54) is 23.1 Å². The van der Waals surface area contributed by atoms with Gasteiger partial charge in [0.15, 0.2) is 0 Å². The van der Waals surface area contributed by atoms with E-state index in [0.717, 1.165) is 0 Å². The number of benzene rings is 1. The van der Waals surface area contributed by atoms with Crippen LogP contribution in [0.25, 0.3) is 0 Å². The third-order valence-corrected chi connectivity index (χ3v) is 4.76. The van der Waals surface area contributed by atoms with Gasteiger partial charge in [-0.15, -0.1) is 0 Å². The molecule has 0 saturated carbocycles. The number of fused-ring (bicyclic) bond motifs is 1. The fourth-order valence-electron chi connectivity index (χ4n) is 3.62. The number of imide groups is 1. The Bertz CT molecular complexity index is 760. The first-order valence-corrected chi connectivity index (χ1v) is 7.83. The standard InChI is InChI=1S/C16H17N3O5/c1-2-7-16(8-6-13(20)17-15(16)22)18-9-11-10(14(18)21)4-3-5-12(11)19(23)24/h3-5H,2,6-9H2,1H3,(H,17,20,22). The molecule has 1 aromatic carbocycles. The number of rotatable bonds is 4. The summed E-state index contributed by atoms with van der Waals surface area (Å²) in [7, 11) is 0. The average molecular weight is 331 g/mol. The maximum atomic E-state index is 12.8. The largest absolute Gasteiger partial charge is 0.319 e. The Morgan fingerprint density at radius 1 is 1.33 bits per heavy atom. The smallest absolute Gasteiger partial charge is 0.275 e. The van der Waals surface area contributed by atoms with Gasteiger partial charge < -0.3 is 4.90 Å². The molecular weight excluding hydrogens is 314 g/mol. The van der Waals surface area contributed by atoms with Crippen molar-refractivity contribution in [3.63, 3.8) is 0 Å². The van der Waals surface area contributed by atoms with E-state index >= 15 is 0 Å². The predicted octanol–water partition coefficient (Wildman–Crippen LogP) is 1.53. The number of nitro groups is 1. The molecule has 2 heterocycles. The number of carbonyl (C=O) groups excluding carboxylic acids is 3. The van der Waals surface area contributed by atoms with Gasteiger partial charge in [0.1, 0.15) is 5.54 Å². The zero-order valence-electron chi connectivity index (χ0n) is 13.2. The van der Waals surface area contributed by atoms with Crippen LogP contribution in [0.2, 0.25) is 0 Å². The summed E-state index contributed by atoms with van der Waals surface area (Å²) in [5.74, 6) is -1.25. The Labute approximate surface area is 138 Å². The maximum Gasteiger partial charge on any atom is 0.275 e. The van der Waals surface area contributed by atoms with Crippen LogP contribution in [0.4, 0.5) is 5.69 Å². The molecule has 1 aromatic rings. The van der Waals surface area contributed by atoms with Gasteiger partial charge in [-0.1, -0.05) is 19.4 Å². The van der Waals surface area contributed by atoms with Gasteiger partial charge in [0.2, 0.25) is 5.91 Å². The molecule has 24 heavy (non-hydrogen) atoms. The van der Waals surface area contributed by atoms with Gasteiger partial charge in [-0.05, 0) is 18.9 Å². The molecule has 126 valence electrons. The van der Waals surface area contributed by atoms with Crippen LogP contribution in [-0.4, -0.2) is 33.1 Å². The number of piperidine rings is 1. The van der Waals surface area contributed by atoms with E-state index in [2.05, 4.69) is 5.32 Å². The zero-order valence-corrected chi connectivity index (χ0v) is 13.2. The fourth-order valence-corrected chi connectivity index (χ4v) is 3.62. The SMILES string of the molecule is CCCC1(N2Cc3c(cccc3[N+](=O)[O-])C2=O)CCC(=O)NC1=O. The molecule has 1 N–H and O–H groups in total. The Morgan fingerprint density at radius 2 is 2.08 bits per heavy atom. The van der Waals surface area contributed by atoms with Gasteiger partial charge in [-0.25, -0.2) is 0 Å². The van der Waals surface area contributed by atoms with Crippen LogP contribution in [0.5, 0.6) is 0 Å². The summed E-state index contributed by atoms with van der Waals surface area (Å²) in [6.07, 6.45) is 1.43. The molecule has 0 aromatic heterocycles. The minimum atomic E-state index is -1.13. The third kappa shape index (κ3) is 2.26. The van der Waals surface area contributed by atoms with Crippen molar-refractivity contribution in [3.05, 3.63) is 39.4 Å². The second-order valence-corrected chi connectivity index (χ2v) is 6.11. The van der Waals surface area contributed by atoms with Crippen LogP contribution in [0.1, 0.15) is 48.5 Å². The number of carbonyl (C=O) groups is 3. The molecule has 1 atom stereocenters. The molecule has 0 radical (unpaired) electrons. The number of amides is 3. The molecule has 0 spiro atoms. The van der Waals surface area contributed by atoms with E-state index in [1.807, 2.05) is 6.92 Å². The van der Waals surface area contributed by atoms with Crippen molar-refractivity contribution < 1.29 is 19.3 Å². The Morgan fingerprint density at radius 3 is 2.71 bits per heavy atom. The Hall–Kier alpha value is -2.77. The Kier molecular flexibility index (Phi) is 3.82. The average Bonchev–Trinajstić information content (AvgIpc) is 2.88. The summed E-state index contributed by atoms with van der Waals surface area (Å²) in [5, 5.41) is 13.5. The molecular formula is C16H17N3O5. The minimum Gasteiger partial charge on any atom is -0.319 e. The number of nitrogens with one attached hydrogen (secondary N) is 1. The Balaban J connectivity index is 2.04. The van der Waals surface area contributed by atoms with Crippen LogP contribution in [0.3, 0.4) is 0 Å². The third-order valence-electron chi connectivity index (χ3n) is 4.76. The van der Waals surface area contributed by atoms with Crippen LogP contribution in [-0.2, 0) is 16.1 Å². The first-order valence-electron chi connectivity index (χ1n) is 7.83. The van der Waals surface area contributed by atoms with Crippen molar-refractivity contribution in [2.45, 2.75) is 44.7 Å². The molecule has 8 nitrogen and oxygen atoms in total. The number of nitrogens with zero attached hydrogens (tertiary/aromatic N) is 2. The second-order valence-electron chi connectivity index (χ2n) is 6.11. The van der Waals surface area contributed by atoms with Gasteiger partial charge in [0.25, 0.3) is 17.5 Å². The summed E-state index contributed by atoms with van der Waals surface area (Å²) in [5.41, 5.74) is -0.675. The maximum absolute atomic E-state index is 12.8. The highest BCUT2D eigenvalue weighted by Gasteiger charge is 2.52. The highest BCUT2D eigenvalue weighted by molar-refractivity contribution is 6.08. The van der Waals surface area contributed by atoms with E-state index in [-0.39, 0.29) is 36.5 Å². The first kappa shape index (κ1) is 16.1. The lowest BCUT2D eigenvalue weighted by Gasteiger charge is -2.42. The van der Waals surface area contributed by atoms with E-state index < -0.39 is 22.3 Å². The van der Waals surface area contributed by atoms with Crippen LogP contribution < -0.4 is 5.32 Å². The van der Waals surface area contributed by atoms with Crippen molar-refractivity contribution >= 4 is 23.4 Å². The van der Waals surface area contributed by atoms with Gasteiger partial charge >= 0.3 is 0 Å².